The maximum atomic E-state index is 5.67. The molecule has 1 unspecified atom stereocenters. The third-order valence-corrected chi connectivity index (χ3v) is 2.38. The van der Waals surface area contributed by atoms with Gasteiger partial charge in [-0.15, -0.1) is 0 Å². The number of hydrogen-bond donors (Lipinski definition) is 2. The summed E-state index contributed by atoms with van der Waals surface area (Å²) >= 11 is 0. The van der Waals surface area contributed by atoms with E-state index in [1.54, 1.807) is 12.3 Å². The van der Waals surface area contributed by atoms with Crippen molar-refractivity contribution in [3.8, 4) is 0 Å². The fraction of sp³-hybridized carbons (Fsp3) is 0.500. The molecule has 2 atom stereocenters. The van der Waals surface area contributed by atoms with E-state index >= 15 is 0 Å². The highest BCUT2D eigenvalue weighted by molar-refractivity contribution is 5.30. The number of nitrogens with two attached hydrogens (primary N) is 1. The highest BCUT2D eigenvalue weighted by Crippen LogP contribution is 2.19. The normalized spacial score (nSPS) is 27.5. The van der Waals surface area contributed by atoms with Crippen molar-refractivity contribution in [3.05, 3.63) is 23.9 Å². The van der Waals surface area contributed by atoms with Crippen molar-refractivity contribution in [1.29, 1.82) is 0 Å². The summed E-state index contributed by atoms with van der Waals surface area (Å²) in [6, 6.07) is 4.20. The number of rotatable bonds is 1. The summed E-state index contributed by atoms with van der Waals surface area (Å²) in [6.07, 6.45) is 1.89. The van der Waals surface area contributed by atoms with Gasteiger partial charge in [-0.2, -0.15) is 0 Å². The number of pyridine rings is 1. The Hall–Kier alpha value is -1.13. The van der Waals surface area contributed by atoms with E-state index < -0.39 is 0 Å². The van der Waals surface area contributed by atoms with Crippen LogP contribution in [0.5, 0.6) is 0 Å². The van der Waals surface area contributed by atoms with E-state index in [0.29, 0.717) is 11.9 Å². The third kappa shape index (κ3) is 2.02. The Balaban J connectivity index is 2.05. The molecule has 4 heteroatoms. The Morgan fingerprint density at radius 3 is 3.00 bits per heavy atom. The van der Waals surface area contributed by atoms with Crippen LogP contribution >= 0.6 is 0 Å². The van der Waals surface area contributed by atoms with Gasteiger partial charge >= 0.3 is 0 Å². The van der Waals surface area contributed by atoms with Crippen LogP contribution in [0.4, 0.5) is 5.82 Å². The highest BCUT2D eigenvalue weighted by atomic mass is 16.5. The second kappa shape index (κ2) is 3.94. The lowest BCUT2D eigenvalue weighted by molar-refractivity contribution is 0.00678. The van der Waals surface area contributed by atoms with Crippen molar-refractivity contribution < 1.29 is 4.74 Å². The molecule has 0 spiro atoms. The zero-order valence-electron chi connectivity index (χ0n) is 8.23. The molecule has 1 aliphatic heterocycles. The molecule has 76 valence electrons. The van der Waals surface area contributed by atoms with Gasteiger partial charge in [0.15, 0.2) is 0 Å². The van der Waals surface area contributed by atoms with Crippen molar-refractivity contribution in [2.75, 3.05) is 18.9 Å². The summed E-state index contributed by atoms with van der Waals surface area (Å²) in [6.45, 7) is 3.69. The van der Waals surface area contributed by atoms with Crippen molar-refractivity contribution in [2.45, 2.75) is 19.1 Å². The van der Waals surface area contributed by atoms with Crippen molar-refractivity contribution in [2.24, 2.45) is 0 Å². The molecule has 2 heterocycles. The molecular weight excluding hydrogens is 178 g/mol. The number of nitrogens with zero attached hydrogens (tertiary/aromatic N) is 1. The fourth-order valence-corrected chi connectivity index (χ4v) is 1.51. The minimum atomic E-state index is 0.110. The Labute approximate surface area is 83.5 Å². The van der Waals surface area contributed by atoms with Crippen LogP contribution in [0, 0.1) is 0 Å². The summed E-state index contributed by atoms with van der Waals surface area (Å²) in [7, 11) is 0. The smallest absolute Gasteiger partial charge is 0.123 e. The first-order chi connectivity index (χ1) is 6.75. The van der Waals surface area contributed by atoms with E-state index in [9.17, 15) is 0 Å². The lowest BCUT2D eigenvalue weighted by Crippen LogP contribution is -2.40. The van der Waals surface area contributed by atoms with Crippen LogP contribution < -0.4 is 11.1 Å². The second-order valence-corrected chi connectivity index (χ2v) is 3.65. The van der Waals surface area contributed by atoms with Crippen LogP contribution in [0.3, 0.4) is 0 Å². The number of nitrogen functional groups attached to an aromatic ring is 1. The Morgan fingerprint density at radius 2 is 2.43 bits per heavy atom. The zero-order chi connectivity index (χ0) is 9.97. The second-order valence-electron chi connectivity index (χ2n) is 3.65. The molecule has 1 aromatic heterocycles. The van der Waals surface area contributed by atoms with Crippen molar-refractivity contribution >= 4 is 5.82 Å². The number of morpholine rings is 1. The molecule has 0 saturated carbocycles. The Bertz CT molecular complexity index is 291. The summed E-state index contributed by atoms with van der Waals surface area (Å²) in [4.78, 5) is 4.04. The first kappa shape index (κ1) is 9.43. The van der Waals surface area contributed by atoms with E-state index in [0.717, 1.165) is 18.7 Å². The van der Waals surface area contributed by atoms with Crippen LogP contribution in [0.1, 0.15) is 18.6 Å². The number of hydrogen-bond acceptors (Lipinski definition) is 4. The molecule has 0 amide bonds. The van der Waals surface area contributed by atoms with Crippen LogP contribution in [-0.2, 0) is 4.74 Å². The van der Waals surface area contributed by atoms with Gasteiger partial charge in [0.25, 0.3) is 0 Å². The molecule has 4 nitrogen and oxygen atoms in total. The first-order valence-electron chi connectivity index (χ1n) is 4.82. The fourth-order valence-electron chi connectivity index (χ4n) is 1.51. The van der Waals surface area contributed by atoms with Crippen molar-refractivity contribution in [3.63, 3.8) is 0 Å². The summed E-state index contributed by atoms with van der Waals surface area (Å²) in [5, 5.41) is 3.36. The number of ether oxygens (including phenoxy) is 1. The van der Waals surface area contributed by atoms with Gasteiger partial charge < -0.3 is 15.8 Å². The molecule has 1 aliphatic rings. The molecule has 1 fully saturated rings. The Kier molecular flexibility index (Phi) is 2.65. The monoisotopic (exact) mass is 193 g/mol. The molecule has 14 heavy (non-hydrogen) atoms. The topological polar surface area (TPSA) is 60.2 Å². The van der Waals surface area contributed by atoms with Gasteiger partial charge in [-0.1, -0.05) is 6.07 Å². The molecule has 1 aromatic rings. The van der Waals surface area contributed by atoms with Crippen LogP contribution in [0.2, 0.25) is 0 Å². The highest BCUT2D eigenvalue weighted by Gasteiger charge is 2.19. The van der Waals surface area contributed by atoms with Gasteiger partial charge in [-0.25, -0.2) is 4.98 Å². The van der Waals surface area contributed by atoms with Gasteiger partial charge in [-0.05, 0) is 13.0 Å². The molecule has 0 aromatic carbocycles. The molecule has 3 N–H and O–H groups in total. The molecule has 1 saturated heterocycles. The molecule has 2 rings (SSSR count). The van der Waals surface area contributed by atoms with E-state index in [2.05, 4.69) is 17.2 Å². The average Bonchev–Trinajstić information content (AvgIpc) is 2.21. The zero-order valence-corrected chi connectivity index (χ0v) is 8.23. The number of nitrogens with one attached hydrogen (secondary N) is 1. The van der Waals surface area contributed by atoms with Crippen LogP contribution in [0.25, 0.3) is 0 Å². The summed E-state index contributed by atoms with van der Waals surface area (Å²) < 4.78 is 5.67. The standard InChI is InChI=1S/C10H15N3O/c1-7-6-14-9(5-12-7)8-2-3-10(11)13-4-8/h2-4,7,9,12H,5-6H2,1H3,(H2,11,13)/t7-,9?/m0/s1. The molecule has 0 radical (unpaired) electrons. The third-order valence-electron chi connectivity index (χ3n) is 2.38. The van der Waals surface area contributed by atoms with Crippen LogP contribution in [-0.4, -0.2) is 24.2 Å². The Morgan fingerprint density at radius 1 is 1.57 bits per heavy atom. The van der Waals surface area contributed by atoms with E-state index in [4.69, 9.17) is 10.5 Å². The van der Waals surface area contributed by atoms with E-state index in [-0.39, 0.29) is 6.10 Å². The molecular formula is C10H15N3O. The van der Waals surface area contributed by atoms with Gasteiger partial charge in [0, 0.05) is 24.3 Å². The lowest BCUT2D eigenvalue weighted by Gasteiger charge is -2.28. The lowest BCUT2D eigenvalue weighted by atomic mass is 10.1. The van der Waals surface area contributed by atoms with Gasteiger partial charge in [-0.3, -0.25) is 0 Å². The van der Waals surface area contributed by atoms with E-state index in [1.165, 1.54) is 0 Å². The maximum Gasteiger partial charge on any atom is 0.123 e. The predicted octanol–water partition coefficient (Wildman–Crippen LogP) is 0.713. The molecule has 0 bridgehead atoms. The predicted molar refractivity (Wildman–Crippen MR) is 54.8 cm³/mol. The van der Waals surface area contributed by atoms with Crippen molar-refractivity contribution in [1.82, 2.24) is 10.3 Å². The summed E-state index contributed by atoms with van der Waals surface area (Å²) in [5.74, 6) is 0.547. The molecule has 0 aliphatic carbocycles. The largest absolute Gasteiger partial charge is 0.384 e. The first-order valence-corrected chi connectivity index (χ1v) is 4.82. The number of anilines is 1. The average molecular weight is 193 g/mol. The van der Waals surface area contributed by atoms with Crippen LogP contribution in [0.15, 0.2) is 18.3 Å². The van der Waals surface area contributed by atoms with Gasteiger partial charge in [0.05, 0.1) is 12.7 Å². The minimum absolute atomic E-state index is 0.110. The SMILES string of the molecule is C[C@H]1COC(c2ccc(N)nc2)CN1. The number of aromatic nitrogens is 1. The maximum absolute atomic E-state index is 5.67. The quantitative estimate of drug-likeness (QED) is 0.689. The summed E-state index contributed by atoms with van der Waals surface area (Å²) in [5.41, 5.74) is 6.59. The van der Waals surface area contributed by atoms with E-state index in [1.807, 2.05) is 6.07 Å². The van der Waals surface area contributed by atoms with Gasteiger partial charge in [0.2, 0.25) is 0 Å². The minimum Gasteiger partial charge on any atom is -0.384 e. The van der Waals surface area contributed by atoms with Gasteiger partial charge in [0.1, 0.15) is 5.82 Å².